The minimum Gasteiger partial charge on any atom is -0.356 e. The third-order valence-electron chi connectivity index (χ3n) is 3.92. The maximum absolute atomic E-state index is 13.8. The summed E-state index contributed by atoms with van der Waals surface area (Å²) in [6.45, 7) is 0.0534. The first-order chi connectivity index (χ1) is 14.4. The molecule has 0 aliphatic heterocycles. The molecule has 0 unspecified atom stereocenters. The molecule has 0 bridgehead atoms. The van der Waals surface area contributed by atoms with Gasteiger partial charge in [-0.1, -0.05) is 11.3 Å². The second kappa shape index (κ2) is 7.87. The highest BCUT2D eigenvalue weighted by Gasteiger charge is 2.22. The van der Waals surface area contributed by atoms with Gasteiger partial charge in [0.25, 0.3) is 5.91 Å². The molecule has 0 atom stereocenters. The van der Waals surface area contributed by atoms with Crippen LogP contribution < -0.4 is 5.32 Å². The Hall–Kier alpha value is -3.87. The van der Waals surface area contributed by atoms with E-state index in [4.69, 9.17) is 0 Å². The number of carbonyl (C=O) groups excluding carboxylic acids is 2. The highest BCUT2D eigenvalue weighted by Crippen LogP contribution is 2.21. The Kier molecular flexibility index (Phi) is 5.10. The summed E-state index contributed by atoms with van der Waals surface area (Å²) in [5, 5.41) is 21.5. The van der Waals surface area contributed by atoms with Crippen molar-refractivity contribution in [3.8, 4) is 10.7 Å². The molecule has 152 valence electrons. The predicted octanol–water partition coefficient (Wildman–Crippen LogP) is 2.23. The summed E-state index contributed by atoms with van der Waals surface area (Å²) in [7, 11) is 0. The molecule has 30 heavy (non-hydrogen) atoms. The number of rotatable bonds is 6. The molecule has 9 nitrogen and oxygen atoms in total. The van der Waals surface area contributed by atoms with Crippen LogP contribution in [0.5, 0.6) is 0 Å². The van der Waals surface area contributed by atoms with Crippen molar-refractivity contribution in [3.05, 3.63) is 69.9 Å². The third kappa shape index (κ3) is 3.82. The molecule has 0 fully saturated rings. The van der Waals surface area contributed by atoms with E-state index in [0.717, 1.165) is 12.3 Å². The van der Waals surface area contributed by atoms with E-state index >= 15 is 0 Å². The van der Waals surface area contributed by atoms with Crippen molar-refractivity contribution in [1.82, 2.24) is 35.9 Å². The van der Waals surface area contributed by atoms with Crippen LogP contribution in [0.4, 0.5) is 13.2 Å². The van der Waals surface area contributed by atoms with Crippen LogP contribution in [0.1, 0.15) is 31.4 Å². The standard InChI is InChI=1S/C17H10F3N7O2S/c18-8-2-9(19)14(10(20)3-8)15(28)7-1-11(21-4-7)16(29)22-6-13-25-26-17(30-13)12-5-23-27-24-12/h1-5,21H,6H2,(H,22,29)(H,23,24,27). The summed E-state index contributed by atoms with van der Waals surface area (Å²) in [6.07, 6.45) is 2.61. The summed E-state index contributed by atoms with van der Waals surface area (Å²) in [4.78, 5) is 27.2. The first-order valence-electron chi connectivity index (χ1n) is 8.26. The van der Waals surface area contributed by atoms with E-state index in [0.29, 0.717) is 27.8 Å². The van der Waals surface area contributed by atoms with Gasteiger partial charge in [-0.3, -0.25) is 9.59 Å². The van der Waals surface area contributed by atoms with Crippen LogP contribution in [0.25, 0.3) is 10.7 Å². The quantitative estimate of drug-likeness (QED) is 0.400. The molecule has 4 rings (SSSR count). The van der Waals surface area contributed by atoms with Crippen molar-refractivity contribution in [2.75, 3.05) is 0 Å². The van der Waals surface area contributed by atoms with E-state index < -0.39 is 34.7 Å². The summed E-state index contributed by atoms with van der Waals surface area (Å²) in [5.41, 5.74) is -0.564. The van der Waals surface area contributed by atoms with Crippen molar-refractivity contribution in [2.45, 2.75) is 6.54 Å². The molecule has 0 spiro atoms. The number of ketones is 1. The molecule has 1 aromatic carbocycles. The van der Waals surface area contributed by atoms with Gasteiger partial charge in [0.15, 0.2) is 10.8 Å². The minimum absolute atomic E-state index is 0.0116. The van der Waals surface area contributed by atoms with Crippen LogP contribution in [-0.4, -0.2) is 42.3 Å². The van der Waals surface area contributed by atoms with Crippen LogP contribution in [0.15, 0.2) is 30.6 Å². The van der Waals surface area contributed by atoms with Gasteiger partial charge in [0.2, 0.25) is 0 Å². The Bertz CT molecular complexity index is 1210. The number of H-pyrrole nitrogens is 2. The average molecular weight is 433 g/mol. The topological polar surface area (TPSA) is 129 Å². The summed E-state index contributed by atoms with van der Waals surface area (Å²) < 4.78 is 40.6. The lowest BCUT2D eigenvalue weighted by Gasteiger charge is -2.03. The number of halogens is 3. The zero-order valence-corrected chi connectivity index (χ0v) is 15.6. The molecule has 0 radical (unpaired) electrons. The molecule has 13 heteroatoms. The molecule has 4 aromatic rings. The molecule has 1 amide bonds. The van der Waals surface area contributed by atoms with E-state index in [2.05, 4.69) is 35.9 Å². The Morgan fingerprint density at radius 3 is 2.57 bits per heavy atom. The fourth-order valence-electron chi connectivity index (χ4n) is 2.54. The van der Waals surface area contributed by atoms with E-state index in [-0.39, 0.29) is 17.8 Å². The number of hydrogen-bond donors (Lipinski definition) is 3. The van der Waals surface area contributed by atoms with E-state index in [1.165, 1.54) is 17.5 Å². The molecule has 0 saturated carbocycles. The van der Waals surface area contributed by atoms with Gasteiger partial charge in [-0.15, -0.1) is 10.2 Å². The van der Waals surface area contributed by atoms with Gasteiger partial charge in [0.1, 0.15) is 33.8 Å². The van der Waals surface area contributed by atoms with Crippen LogP contribution >= 0.6 is 11.3 Å². The van der Waals surface area contributed by atoms with Crippen molar-refractivity contribution in [1.29, 1.82) is 0 Å². The lowest BCUT2D eigenvalue weighted by molar-refractivity contribution is 0.0946. The number of nitrogens with zero attached hydrogens (tertiary/aromatic N) is 4. The lowest BCUT2D eigenvalue weighted by atomic mass is 10.0. The van der Waals surface area contributed by atoms with Crippen molar-refractivity contribution < 1.29 is 22.8 Å². The van der Waals surface area contributed by atoms with Gasteiger partial charge in [0.05, 0.1) is 18.3 Å². The fourth-order valence-corrected chi connectivity index (χ4v) is 3.28. The summed E-state index contributed by atoms with van der Waals surface area (Å²) in [6, 6.07) is 1.96. The zero-order chi connectivity index (χ0) is 21.3. The predicted molar refractivity (Wildman–Crippen MR) is 97.0 cm³/mol. The van der Waals surface area contributed by atoms with Crippen LogP contribution in [0, 0.1) is 17.5 Å². The summed E-state index contributed by atoms with van der Waals surface area (Å²) in [5.74, 6) is -5.40. The number of carbonyl (C=O) groups is 2. The van der Waals surface area contributed by atoms with Gasteiger partial charge in [0, 0.05) is 23.9 Å². The normalized spacial score (nSPS) is 10.9. The van der Waals surface area contributed by atoms with E-state index in [9.17, 15) is 22.8 Å². The molecule has 0 aliphatic rings. The lowest BCUT2D eigenvalue weighted by Crippen LogP contribution is -2.23. The van der Waals surface area contributed by atoms with Crippen LogP contribution in [-0.2, 0) is 6.54 Å². The van der Waals surface area contributed by atoms with Gasteiger partial charge < -0.3 is 10.3 Å². The van der Waals surface area contributed by atoms with E-state index in [1.54, 1.807) is 0 Å². The molecular weight excluding hydrogens is 423 g/mol. The van der Waals surface area contributed by atoms with Crippen LogP contribution in [0.2, 0.25) is 0 Å². The first-order valence-corrected chi connectivity index (χ1v) is 9.08. The maximum Gasteiger partial charge on any atom is 0.268 e. The smallest absolute Gasteiger partial charge is 0.268 e. The number of benzene rings is 1. The number of hydrogen-bond acceptors (Lipinski definition) is 7. The van der Waals surface area contributed by atoms with Gasteiger partial charge in [-0.2, -0.15) is 15.4 Å². The molecule has 0 saturated heterocycles. The minimum atomic E-state index is -1.33. The van der Waals surface area contributed by atoms with Crippen LogP contribution in [0.3, 0.4) is 0 Å². The SMILES string of the molecule is O=C(NCc1nnc(-c2cn[nH]n2)s1)c1cc(C(=O)c2c(F)cc(F)cc2F)c[nH]1. The Morgan fingerprint density at radius 2 is 1.87 bits per heavy atom. The molecule has 3 aromatic heterocycles. The Balaban J connectivity index is 1.44. The summed E-state index contributed by atoms with van der Waals surface area (Å²) >= 11 is 1.20. The van der Waals surface area contributed by atoms with E-state index in [1.807, 2.05) is 0 Å². The Labute approximate surface area is 169 Å². The van der Waals surface area contributed by atoms with Gasteiger partial charge >= 0.3 is 0 Å². The largest absolute Gasteiger partial charge is 0.356 e. The molecule has 3 N–H and O–H groups in total. The van der Waals surface area contributed by atoms with Gasteiger partial charge in [-0.25, -0.2) is 13.2 Å². The second-order valence-electron chi connectivity index (χ2n) is 5.91. The van der Waals surface area contributed by atoms with Gasteiger partial charge in [-0.05, 0) is 6.07 Å². The highest BCUT2D eigenvalue weighted by atomic mass is 32.1. The second-order valence-corrected chi connectivity index (χ2v) is 6.98. The monoisotopic (exact) mass is 433 g/mol. The molecule has 0 aliphatic carbocycles. The zero-order valence-electron chi connectivity index (χ0n) is 14.7. The maximum atomic E-state index is 13.8. The number of nitrogens with one attached hydrogen (secondary N) is 3. The number of aromatic nitrogens is 6. The highest BCUT2D eigenvalue weighted by molar-refractivity contribution is 7.14. The molecular formula is C17H10F3N7O2S. The fraction of sp³-hybridized carbons (Fsp3) is 0.0588. The van der Waals surface area contributed by atoms with Crippen molar-refractivity contribution >= 4 is 23.0 Å². The third-order valence-corrected chi connectivity index (χ3v) is 4.87. The van der Waals surface area contributed by atoms with Crippen molar-refractivity contribution in [3.63, 3.8) is 0 Å². The number of aromatic amines is 2. The van der Waals surface area contributed by atoms with Crippen molar-refractivity contribution in [2.24, 2.45) is 0 Å². The first kappa shape index (κ1) is 19.4. The Morgan fingerprint density at radius 1 is 1.10 bits per heavy atom. The number of amides is 1. The molecule has 3 heterocycles. The average Bonchev–Trinajstić information content (AvgIpc) is 3.46.